The van der Waals surface area contributed by atoms with E-state index in [9.17, 15) is 4.57 Å². The second-order valence-electron chi connectivity index (χ2n) is 2.68. The van der Waals surface area contributed by atoms with Crippen molar-refractivity contribution in [3.63, 3.8) is 0 Å². The Morgan fingerprint density at radius 2 is 1.24 bits per heavy atom. The van der Waals surface area contributed by atoms with Gasteiger partial charge in [0.1, 0.15) is 0 Å². The molecule has 0 rings (SSSR count). The van der Waals surface area contributed by atoms with Gasteiger partial charge in [0.15, 0.2) is 0 Å². The molecule has 0 heterocycles. The van der Waals surface area contributed by atoms with Gasteiger partial charge in [-0.25, -0.2) is 4.57 Å². The van der Waals surface area contributed by atoms with Crippen molar-refractivity contribution in [3.8, 4) is 0 Å². The lowest BCUT2D eigenvalue weighted by atomic mass is 10.9. The lowest BCUT2D eigenvalue weighted by Gasteiger charge is -2.22. The van der Waals surface area contributed by atoms with Crippen molar-refractivity contribution in [2.45, 2.75) is 27.7 Å². The van der Waals surface area contributed by atoms with Crippen LogP contribution in [0.15, 0.2) is 4.52 Å². The third-order valence-corrected chi connectivity index (χ3v) is 6.34. The molecule has 0 aromatic carbocycles. The highest BCUT2D eigenvalue weighted by molar-refractivity contribution is 7.87. The number of nitrogens with zero attached hydrogens (tertiary/aromatic N) is 1. The molecule has 9 heteroatoms. The van der Waals surface area contributed by atoms with Gasteiger partial charge in [0, 0.05) is 0 Å². The first kappa shape index (κ1) is 17.6. The van der Waals surface area contributed by atoms with Gasteiger partial charge in [-0.05, 0) is 38.9 Å². The Morgan fingerprint density at radius 3 is 1.53 bits per heavy atom. The second kappa shape index (κ2) is 8.65. The van der Waals surface area contributed by atoms with Crippen molar-refractivity contribution in [1.82, 2.24) is 0 Å². The monoisotopic (exact) mass is 307 g/mol. The van der Waals surface area contributed by atoms with Crippen molar-refractivity contribution in [1.29, 1.82) is 0 Å². The predicted octanol–water partition coefficient (Wildman–Crippen LogP) is 4.43. The molecule has 0 N–H and O–H groups in total. The Hall–Kier alpha value is 0.590. The molecule has 0 spiro atoms. The van der Waals surface area contributed by atoms with E-state index in [1.54, 1.807) is 27.7 Å². The Morgan fingerprint density at radius 1 is 0.882 bits per heavy atom. The summed E-state index contributed by atoms with van der Waals surface area (Å²) in [6.45, 7) is 4.49. The van der Waals surface area contributed by atoms with E-state index in [0.717, 1.165) is 0 Å². The van der Waals surface area contributed by atoms with Crippen LogP contribution in [0, 0.1) is 0 Å². The summed E-state index contributed by atoms with van der Waals surface area (Å²) in [5.74, 6) is 0. The molecule has 104 valence electrons. The average Bonchev–Trinajstić information content (AvgIpc) is 2.17. The second-order valence-corrected chi connectivity index (χ2v) is 7.55. The van der Waals surface area contributed by atoms with Crippen molar-refractivity contribution in [3.05, 3.63) is 0 Å². The molecule has 0 aliphatic carbocycles. The van der Waals surface area contributed by atoms with Crippen LogP contribution in [0.3, 0.4) is 0 Å². The van der Waals surface area contributed by atoms with Gasteiger partial charge >= 0.3 is 14.6 Å². The largest absolute Gasteiger partial charge is 0.410 e. The van der Waals surface area contributed by atoms with E-state index >= 15 is 0 Å². The van der Waals surface area contributed by atoms with Crippen LogP contribution < -0.4 is 0 Å². The zero-order valence-electron chi connectivity index (χ0n) is 10.6. The van der Waals surface area contributed by atoms with E-state index in [2.05, 4.69) is 4.52 Å². The molecule has 17 heavy (non-hydrogen) atoms. The minimum absolute atomic E-state index is 0.189. The Bertz CT molecular complexity index is 289. The van der Waals surface area contributed by atoms with Crippen LogP contribution in [0.4, 0.5) is 0 Å². The van der Waals surface area contributed by atoms with Crippen LogP contribution >= 0.6 is 25.8 Å². The fraction of sp³-hybridized carbons (Fsp3) is 1.00. The molecule has 0 aliphatic heterocycles. The molecule has 0 amide bonds. The first-order valence-electron chi connectivity index (χ1n) is 5.47. The zero-order chi connectivity index (χ0) is 13.4. The molecular weight excluding hydrogens is 287 g/mol. The molecule has 6 nitrogen and oxygen atoms in total. The molecule has 0 saturated carbocycles. The first-order valence-corrected chi connectivity index (χ1v) is 9.44. The third-order valence-electron chi connectivity index (χ3n) is 1.38. The van der Waals surface area contributed by atoms with E-state index < -0.39 is 14.6 Å². The summed E-state index contributed by atoms with van der Waals surface area (Å²) >= 11 is 5.68. The van der Waals surface area contributed by atoms with E-state index in [4.69, 9.17) is 29.3 Å². The van der Waals surface area contributed by atoms with Gasteiger partial charge in [0.05, 0.1) is 26.4 Å². The number of halogens is 1. The zero-order valence-corrected chi connectivity index (χ0v) is 13.1. The first-order chi connectivity index (χ1) is 7.95. The fourth-order valence-electron chi connectivity index (χ4n) is 0.995. The highest BCUT2D eigenvalue weighted by Crippen LogP contribution is 2.66. The third kappa shape index (κ3) is 6.92. The van der Waals surface area contributed by atoms with Gasteiger partial charge in [-0.3, -0.25) is 0 Å². The van der Waals surface area contributed by atoms with Gasteiger partial charge in [0.25, 0.3) is 0 Å². The summed E-state index contributed by atoms with van der Waals surface area (Å²) in [5, 5.41) is 0. The normalized spacial score (nSPS) is 15.6. The summed E-state index contributed by atoms with van der Waals surface area (Å²) in [6.07, 6.45) is 0. The smallest absolute Gasteiger partial charge is 0.303 e. The molecule has 0 aromatic heterocycles. The summed E-state index contributed by atoms with van der Waals surface area (Å²) in [4.78, 5) is 0. The van der Waals surface area contributed by atoms with Gasteiger partial charge in [-0.1, -0.05) is 0 Å². The summed E-state index contributed by atoms with van der Waals surface area (Å²) < 4.78 is 36.6. The van der Waals surface area contributed by atoms with Gasteiger partial charge in [0.2, 0.25) is 0 Å². The van der Waals surface area contributed by atoms with Crippen LogP contribution in [0.25, 0.3) is 0 Å². The summed E-state index contributed by atoms with van der Waals surface area (Å²) in [5.41, 5.74) is 0. The minimum Gasteiger partial charge on any atom is -0.303 e. The fourth-order valence-corrected chi connectivity index (χ4v) is 5.43. The van der Waals surface area contributed by atoms with Crippen molar-refractivity contribution in [2.24, 2.45) is 4.52 Å². The van der Waals surface area contributed by atoms with E-state index in [1.165, 1.54) is 0 Å². The van der Waals surface area contributed by atoms with Crippen molar-refractivity contribution >= 4 is 25.8 Å². The molecule has 0 radical (unpaired) electrons. The maximum Gasteiger partial charge on any atom is 0.410 e. The lowest BCUT2D eigenvalue weighted by molar-refractivity contribution is 0.163. The van der Waals surface area contributed by atoms with Gasteiger partial charge < -0.3 is 18.1 Å². The van der Waals surface area contributed by atoms with Crippen LogP contribution in [-0.4, -0.2) is 26.4 Å². The van der Waals surface area contributed by atoms with Crippen molar-refractivity contribution in [2.75, 3.05) is 26.4 Å². The Balaban J connectivity index is 5.22. The lowest BCUT2D eigenvalue weighted by Crippen LogP contribution is -2.00. The van der Waals surface area contributed by atoms with Gasteiger partial charge in [-0.2, -0.15) is 0 Å². The maximum atomic E-state index is 11.8. The number of hydrogen-bond donors (Lipinski definition) is 0. The van der Waals surface area contributed by atoms with Crippen LogP contribution in [0.2, 0.25) is 0 Å². The maximum absolute atomic E-state index is 11.8. The molecule has 0 fully saturated rings. The molecule has 0 saturated heterocycles. The number of rotatable bonds is 9. The Labute approximate surface area is 108 Å². The van der Waals surface area contributed by atoms with E-state index in [1.807, 2.05) is 0 Å². The van der Waals surface area contributed by atoms with E-state index in [0.29, 0.717) is 19.8 Å². The highest BCUT2D eigenvalue weighted by Gasteiger charge is 2.30. The summed E-state index contributed by atoms with van der Waals surface area (Å²) in [7, 11) is -3.04. The summed E-state index contributed by atoms with van der Waals surface area (Å²) in [6, 6.07) is 0. The Kier molecular flexibility index (Phi) is 8.95. The minimum atomic E-state index is -3.63. The molecular formula is C8H20ClNO5P2. The molecule has 0 bridgehead atoms. The molecule has 0 aromatic rings. The van der Waals surface area contributed by atoms with E-state index in [-0.39, 0.29) is 6.61 Å². The average molecular weight is 308 g/mol. The van der Waals surface area contributed by atoms with Crippen LogP contribution in [0.5, 0.6) is 0 Å². The predicted molar refractivity (Wildman–Crippen MR) is 69.3 cm³/mol. The van der Waals surface area contributed by atoms with Gasteiger partial charge in [-0.15, -0.1) is 4.52 Å². The van der Waals surface area contributed by atoms with Crippen LogP contribution in [0.1, 0.15) is 27.7 Å². The quantitative estimate of drug-likeness (QED) is 0.590. The number of hydrogen-bond acceptors (Lipinski definition) is 5. The standard InChI is InChI=1S/C8H20ClNO5P2/c1-5-12-16(9,11)10-17(13-6-2,14-7-3)15-8-4/h5-8H2,1-4H3. The molecule has 1 unspecified atom stereocenters. The molecule has 0 aliphatic rings. The molecule has 1 atom stereocenters. The SMILES string of the molecule is CCOP(=O)(Cl)N=P(OCC)(OCC)OCC. The highest BCUT2D eigenvalue weighted by atomic mass is 35.7. The van der Waals surface area contributed by atoms with Crippen LogP contribution in [-0.2, 0) is 22.7 Å². The topological polar surface area (TPSA) is 66.4 Å². The van der Waals surface area contributed by atoms with Crippen molar-refractivity contribution < 1.29 is 22.7 Å².